The number of amides is 1. The molecule has 0 aliphatic carbocycles. The van der Waals surface area contributed by atoms with E-state index < -0.39 is 10.8 Å². The van der Waals surface area contributed by atoms with Gasteiger partial charge in [0.05, 0.1) is 19.9 Å². The Morgan fingerprint density at radius 1 is 1.23 bits per heavy atom. The van der Waals surface area contributed by atoms with E-state index >= 15 is 0 Å². The van der Waals surface area contributed by atoms with Crippen molar-refractivity contribution in [1.82, 2.24) is 10.3 Å². The van der Waals surface area contributed by atoms with E-state index in [4.69, 9.17) is 32.7 Å². The van der Waals surface area contributed by atoms with Crippen LogP contribution in [0, 0.1) is 10.1 Å². The molecule has 1 aliphatic heterocycles. The minimum absolute atomic E-state index is 0.163. The molecule has 1 N–H and O–H groups in total. The Morgan fingerprint density at radius 2 is 1.97 bits per heavy atom. The number of nitrogens with zero attached hydrogens (tertiary/aromatic N) is 2. The lowest BCUT2D eigenvalue weighted by Crippen LogP contribution is -2.21. The van der Waals surface area contributed by atoms with Gasteiger partial charge in [-0.2, -0.15) is 0 Å². The van der Waals surface area contributed by atoms with Crippen LogP contribution in [0.25, 0.3) is 0 Å². The zero-order chi connectivity index (χ0) is 21.3. The molecule has 0 fully saturated rings. The number of carbonyl (C=O) groups excluding carboxylic acids is 1. The van der Waals surface area contributed by atoms with Gasteiger partial charge in [0.15, 0.2) is 11.5 Å². The zero-order valence-corrected chi connectivity index (χ0v) is 18.0. The Bertz CT molecular complexity index is 1130. The SMILES string of the molecule is O=C(NCc1ccc2c(c1)OCO2)c1cc([N+](=O)[O-])c(Sc2c(Cl)cncc2Cl)s1. The average molecular weight is 484 g/mol. The van der Waals surface area contributed by atoms with Crippen molar-refractivity contribution in [3.05, 3.63) is 67.3 Å². The molecule has 0 radical (unpaired) electrons. The summed E-state index contributed by atoms with van der Waals surface area (Å²) in [5, 5.41) is 14.8. The molecule has 2 aromatic heterocycles. The molecule has 154 valence electrons. The van der Waals surface area contributed by atoms with Crippen molar-refractivity contribution in [3.63, 3.8) is 0 Å². The molecule has 4 rings (SSSR count). The summed E-state index contributed by atoms with van der Waals surface area (Å²) in [5.74, 6) is 0.826. The van der Waals surface area contributed by atoms with E-state index in [1.54, 1.807) is 18.2 Å². The highest BCUT2D eigenvalue weighted by Crippen LogP contribution is 2.45. The monoisotopic (exact) mass is 483 g/mol. The summed E-state index contributed by atoms with van der Waals surface area (Å²) in [6.07, 6.45) is 2.79. The Morgan fingerprint density at radius 3 is 2.70 bits per heavy atom. The third-order valence-corrected chi connectivity index (χ3v) is 7.25. The molecule has 0 saturated carbocycles. The molecule has 3 aromatic rings. The number of halogens is 2. The van der Waals surface area contributed by atoms with Gasteiger partial charge in [0.2, 0.25) is 6.79 Å². The van der Waals surface area contributed by atoms with Crippen LogP contribution in [0.4, 0.5) is 5.69 Å². The number of carbonyl (C=O) groups is 1. The first-order chi connectivity index (χ1) is 14.4. The highest BCUT2D eigenvalue weighted by Gasteiger charge is 2.25. The van der Waals surface area contributed by atoms with E-state index in [-0.39, 0.29) is 33.9 Å². The fourth-order valence-corrected chi connectivity index (χ4v) is 5.37. The lowest BCUT2D eigenvalue weighted by molar-refractivity contribution is -0.387. The summed E-state index contributed by atoms with van der Waals surface area (Å²) in [6.45, 7) is 0.390. The van der Waals surface area contributed by atoms with Crippen molar-refractivity contribution < 1.29 is 19.2 Å². The number of nitro groups is 1. The number of hydrogen-bond donors (Lipinski definition) is 1. The summed E-state index contributed by atoms with van der Waals surface area (Å²) in [5.41, 5.74) is 0.616. The van der Waals surface area contributed by atoms with Gasteiger partial charge in [-0.25, -0.2) is 0 Å². The number of thiophene rings is 1. The van der Waals surface area contributed by atoms with Gasteiger partial charge >= 0.3 is 0 Å². The van der Waals surface area contributed by atoms with Crippen LogP contribution in [-0.2, 0) is 6.54 Å². The number of hydrogen-bond acceptors (Lipinski definition) is 8. The molecular formula is C18H11Cl2N3O5S2. The number of fused-ring (bicyclic) bond motifs is 1. The van der Waals surface area contributed by atoms with Crippen LogP contribution < -0.4 is 14.8 Å². The molecule has 12 heteroatoms. The lowest BCUT2D eigenvalue weighted by Gasteiger charge is -2.05. The Labute approximate surface area is 188 Å². The Kier molecular flexibility index (Phi) is 6.00. The lowest BCUT2D eigenvalue weighted by atomic mass is 10.2. The molecule has 30 heavy (non-hydrogen) atoms. The molecule has 1 amide bonds. The van der Waals surface area contributed by atoms with E-state index in [1.165, 1.54) is 18.5 Å². The predicted octanol–water partition coefficient (Wildman–Crippen LogP) is 5.17. The number of ether oxygens (including phenoxy) is 2. The van der Waals surface area contributed by atoms with Crippen molar-refractivity contribution in [2.45, 2.75) is 15.6 Å². The maximum atomic E-state index is 12.6. The smallest absolute Gasteiger partial charge is 0.294 e. The van der Waals surface area contributed by atoms with Crippen molar-refractivity contribution >= 4 is 57.9 Å². The fourth-order valence-electron chi connectivity index (χ4n) is 2.59. The first-order valence-electron chi connectivity index (χ1n) is 8.34. The number of rotatable bonds is 6. The second-order valence-electron chi connectivity index (χ2n) is 5.95. The van der Waals surface area contributed by atoms with Crippen LogP contribution in [0.3, 0.4) is 0 Å². The molecule has 0 unspecified atom stereocenters. The van der Waals surface area contributed by atoms with Crippen LogP contribution in [0.15, 0.2) is 45.8 Å². The third-order valence-electron chi connectivity index (χ3n) is 3.99. The molecule has 1 aromatic carbocycles. The van der Waals surface area contributed by atoms with Crippen LogP contribution in [0.5, 0.6) is 11.5 Å². The van der Waals surface area contributed by atoms with Crippen molar-refractivity contribution in [2.75, 3.05) is 6.79 Å². The van der Waals surface area contributed by atoms with Gasteiger partial charge in [0.25, 0.3) is 11.6 Å². The van der Waals surface area contributed by atoms with Crippen molar-refractivity contribution in [2.24, 2.45) is 0 Å². The second kappa shape index (κ2) is 8.68. The van der Waals surface area contributed by atoms with E-state index in [2.05, 4.69) is 10.3 Å². The highest BCUT2D eigenvalue weighted by atomic mass is 35.5. The molecule has 8 nitrogen and oxygen atoms in total. The number of benzene rings is 1. The standard InChI is InChI=1S/C18H11Cl2N3O5S2/c19-10-6-21-7-11(20)16(10)30-18-12(23(25)26)4-15(29-18)17(24)22-5-9-1-2-13-14(3-9)28-8-27-13/h1-4,6-7H,5,8H2,(H,22,24). The van der Waals surface area contributed by atoms with Crippen molar-refractivity contribution in [3.8, 4) is 11.5 Å². The molecular weight excluding hydrogens is 473 g/mol. The van der Waals surface area contributed by atoms with Crippen LogP contribution >= 0.6 is 46.3 Å². The molecule has 0 atom stereocenters. The normalized spacial score (nSPS) is 12.1. The fraction of sp³-hybridized carbons (Fsp3) is 0.111. The van der Waals surface area contributed by atoms with Gasteiger partial charge in [0, 0.05) is 25.0 Å². The highest BCUT2D eigenvalue weighted by molar-refractivity contribution is 8.01. The minimum atomic E-state index is -0.545. The number of pyridine rings is 1. The van der Waals surface area contributed by atoms with Gasteiger partial charge in [-0.3, -0.25) is 19.9 Å². The van der Waals surface area contributed by atoms with E-state index in [0.29, 0.717) is 20.6 Å². The first kappa shape index (κ1) is 20.7. The molecule has 0 saturated heterocycles. The number of nitrogens with one attached hydrogen (secondary N) is 1. The first-order valence-corrected chi connectivity index (χ1v) is 10.7. The quantitative estimate of drug-likeness (QED) is 0.380. The summed E-state index contributed by atoms with van der Waals surface area (Å²) in [7, 11) is 0. The average Bonchev–Trinajstić information content (AvgIpc) is 3.35. The molecule has 1 aliphatic rings. The maximum absolute atomic E-state index is 12.6. The van der Waals surface area contributed by atoms with Crippen molar-refractivity contribution in [1.29, 1.82) is 0 Å². The zero-order valence-electron chi connectivity index (χ0n) is 14.9. The van der Waals surface area contributed by atoms with E-state index in [0.717, 1.165) is 28.7 Å². The molecule has 3 heterocycles. The second-order valence-corrected chi connectivity index (χ2v) is 9.09. The van der Waals surface area contributed by atoms with E-state index in [9.17, 15) is 14.9 Å². The minimum Gasteiger partial charge on any atom is -0.454 e. The van der Waals surface area contributed by atoms with Gasteiger partial charge in [-0.1, -0.05) is 41.0 Å². The van der Waals surface area contributed by atoms with Gasteiger partial charge in [-0.05, 0) is 17.7 Å². The number of aromatic nitrogens is 1. The Hall–Kier alpha value is -2.53. The Balaban J connectivity index is 1.52. The largest absolute Gasteiger partial charge is 0.454 e. The van der Waals surface area contributed by atoms with Gasteiger partial charge in [0.1, 0.15) is 9.09 Å². The summed E-state index contributed by atoms with van der Waals surface area (Å²) >= 11 is 14.2. The third kappa shape index (κ3) is 4.31. The summed E-state index contributed by atoms with van der Waals surface area (Å²) < 4.78 is 10.9. The van der Waals surface area contributed by atoms with Crippen LogP contribution in [0.2, 0.25) is 10.0 Å². The maximum Gasteiger partial charge on any atom is 0.294 e. The topological polar surface area (TPSA) is 104 Å². The van der Waals surface area contributed by atoms with Gasteiger partial charge < -0.3 is 14.8 Å². The molecule has 0 spiro atoms. The predicted molar refractivity (Wildman–Crippen MR) is 113 cm³/mol. The van der Waals surface area contributed by atoms with Gasteiger partial charge in [-0.15, -0.1) is 11.3 Å². The summed E-state index contributed by atoms with van der Waals surface area (Å²) in [6, 6.07) is 6.58. The summed E-state index contributed by atoms with van der Waals surface area (Å²) in [4.78, 5) is 28.0. The van der Waals surface area contributed by atoms with Crippen LogP contribution in [-0.4, -0.2) is 22.6 Å². The van der Waals surface area contributed by atoms with E-state index in [1.807, 2.05) is 0 Å². The van der Waals surface area contributed by atoms with Crippen LogP contribution in [0.1, 0.15) is 15.2 Å². The molecule has 0 bridgehead atoms.